The number of benzene rings is 2. The van der Waals surface area contributed by atoms with Crippen molar-refractivity contribution in [2.24, 2.45) is 0 Å². The molecule has 1 heterocycles. The monoisotopic (exact) mass is 366 g/mol. The van der Waals surface area contributed by atoms with Crippen LogP contribution in [0.2, 0.25) is 0 Å². The quantitative estimate of drug-likeness (QED) is 0.686. The summed E-state index contributed by atoms with van der Waals surface area (Å²) in [5, 5.41) is 10.2. The minimum atomic E-state index is -3.37. The summed E-state index contributed by atoms with van der Waals surface area (Å²) in [6.07, 6.45) is 1.09. The first-order valence-corrected chi connectivity index (χ1v) is 10.2. The predicted molar refractivity (Wildman–Crippen MR) is 95.1 cm³/mol. The summed E-state index contributed by atoms with van der Waals surface area (Å²) in [6.45, 7) is 1.73. The first-order chi connectivity index (χ1) is 10.8. The smallest absolute Gasteiger partial charge is 0.229 e. The molecule has 8 heteroatoms. The molecule has 5 nitrogen and oxygen atoms in total. The number of nitrogens with one attached hydrogen (secondary N) is 1. The molecule has 3 aromatic rings. The van der Waals surface area contributed by atoms with Crippen molar-refractivity contribution in [3.63, 3.8) is 0 Å². The average molecular weight is 366 g/mol. The predicted octanol–water partition coefficient (Wildman–Crippen LogP) is 3.83. The molecule has 120 valence electrons. The van der Waals surface area contributed by atoms with Gasteiger partial charge in [0.2, 0.25) is 10.0 Å². The van der Waals surface area contributed by atoms with Crippen LogP contribution in [0.25, 0.3) is 10.2 Å². The number of rotatable bonds is 4. The number of thiazole rings is 1. The molecule has 2 N–H and O–H groups in total. The molecule has 0 fully saturated rings. The second-order valence-corrected chi connectivity index (χ2v) is 9.13. The van der Waals surface area contributed by atoms with Gasteiger partial charge in [-0.3, -0.25) is 4.72 Å². The van der Waals surface area contributed by atoms with Crippen molar-refractivity contribution in [3.8, 4) is 5.75 Å². The standard InChI is InChI=1S/C15H14N2O3S3/c1-9-7-10(17-23(2,19)20)8-13(14(9)18)22-15-16-11-5-3-4-6-12(11)21-15/h3-8,17-18H,1-2H3. The highest BCUT2D eigenvalue weighted by molar-refractivity contribution is 8.01. The molecule has 0 atom stereocenters. The number of nitrogens with zero attached hydrogens (tertiary/aromatic N) is 1. The third-order valence-electron chi connectivity index (χ3n) is 3.04. The van der Waals surface area contributed by atoms with E-state index in [0.717, 1.165) is 20.8 Å². The van der Waals surface area contributed by atoms with E-state index in [1.54, 1.807) is 19.1 Å². The number of anilines is 1. The van der Waals surface area contributed by atoms with E-state index in [0.29, 0.717) is 16.1 Å². The number of para-hydroxylation sites is 1. The van der Waals surface area contributed by atoms with Crippen LogP contribution in [0.3, 0.4) is 0 Å². The van der Waals surface area contributed by atoms with E-state index in [2.05, 4.69) is 9.71 Å². The molecule has 0 saturated heterocycles. The maximum absolute atomic E-state index is 11.4. The van der Waals surface area contributed by atoms with E-state index in [-0.39, 0.29) is 5.75 Å². The summed E-state index contributed by atoms with van der Waals surface area (Å²) in [5.74, 6) is 0.133. The van der Waals surface area contributed by atoms with Crippen LogP contribution in [0.5, 0.6) is 5.75 Å². The van der Waals surface area contributed by atoms with Crippen molar-refractivity contribution in [3.05, 3.63) is 42.0 Å². The van der Waals surface area contributed by atoms with Crippen LogP contribution in [-0.4, -0.2) is 24.8 Å². The number of fused-ring (bicyclic) bond motifs is 1. The first-order valence-electron chi connectivity index (χ1n) is 6.67. The van der Waals surface area contributed by atoms with Crippen molar-refractivity contribution in [2.45, 2.75) is 16.2 Å². The Balaban J connectivity index is 1.98. The molecule has 1 aromatic heterocycles. The SMILES string of the molecule is Cc1cc(NS(C)(=O)=O)cc(Sc2nc3ccccc3s2)c1O. The van der Waals surface area contributed by atoms with Crippen LogP contribution in [0.15, 0.2) is 45.6 Å². The van der Waals surface area contributed by atoms with Crippen LogP contribution in [0.1, 0.15) is 5.56 Å². The molecule has 3 rings (SSSR count). The fourth-order valence-electron chi connectivity index (χ4n) is 2.09. The zero-order valence-corrected chi connectivity index (χ0v) is 14.8. The van der Waals surface area contributed by atoms with Gasteiger partial charge in [0.15, 0.2) is 4.34 Å². The topological polar surface area (TPSA) is 79.3 Å². The summed E-state index contributed by atoms with van der Waals surface area (Å²) < 4.78 is 27.1. The van der Waals surface area contributed by atoms with Gasteiger partial charge in [0.25, 0.3) is 0 Å². The second-order valence-electron chi connectivity index (χ2n) is 5.06. The Hall–Kier alpha value is -1.77. The van der Waals surface area contributed by atoms with Gasteiger partial charge in [0, 0.05) is 0 Å². The molecule has 23 heavy (non-hydrogen) atoms. The van der Waals surface area contributed by atoms with Gasteiger partial charge in [-0.2, -0.15) is 0 Å². The molecule has 0 aliphatic rings. The number of phenols is 1. The van der Waals surface area contributed by atoms with Gasteiger partial charge < -0.3 is 5.11 Å². The number of phenolic OH excluding ortho intramolecular Hbond substituents is 1. The van der Waals surface area contributed by atoms with E-state index in [4.69, 9.17) is 0 Å². The number of aromatic nitrogens is 1. The first kappa shape index (κ1) is 16.1. The molecule has 0 aliphatic carbocycles. The molecule has 0 bridgehead atoms. The van der Waals surface area contributed by atoms with Crippen molar-refractivity contribution < 1.29 is 13.5 Å². The third kappa shape index (κ3) is 3.77. The van der Waals surface area contributed by atoms with Crippen molar-refractivity contribution in [1.29, 1.82) is 0 Å². The summed E-state index contributed by atoms with van der Waals surface area (Å²) in [6, 6.07) is 11.0. The van der Waals surface area contributed by atoms with E-state index in [1.165, 1.54) is 23.1 Å². The van der Waals surface area contributed by atoms with Crippen LogP contribution < -0.4 is 4.72 Å². The van der Waals surface area contributed by atoms with Gasteiger partial charge in [-0.1, -0.05) is 23.9 Å². The lowest BCUT2D eigenvalue weighted by atomic mass is 10.2. The number of aryl methyl sites for hydroxylation is 1. The summed E-state index contributed by atoms with van der Waals surface area (Å²) in [5.41, 5.74) is 1.93. The molecule has 0 saturated carbocycles. The third-order valence-corrected chi connectivity index (χ3v) is 5.77. The van der Waals surface area contributed by atoms with Gasteiger partial charge in [0.05, 0.1) is 27.1 Å². The molecule has 0 aliphatic heterocycles. The van der Waals surface area contributed by atoms with Crippen molar-refractivity contribution >= 4 is 49.0 Å². The van der Waals surface area contributed by atoms with Crippen LogP contribution in [0, 0.1) is 6.92 Å². The van der Waals surface area contributed by atoms with Crippen LogP contribution >= 0.6 is 23.1 Å². The molecule has 2 aromatic carbocycles. The number of hydrogen-bond donors (Lipinski definition) is 2. The normalized spacial score (nSPS) is 11.7. The van der Waals surface area contributed by atoms with Crippen molar-refractivity contribution in [2.75, 3.05) is 11.0 Å². The maximum Gasteiger partial charge on any atom is 0.229 e. The van der Waals surface area contributed by atoms with E-state index >= 15 is 0 Å². The lowest BCUT2D eigenvalue weighted by molar-refractivity contribution is 0.458. The minimum Gasteiger partial charge on any atom is -0.506 e. The Morgan fingerprint density at radius 3 is 2.70 bits per heavy atom. The minimum absolute atomic E-state index is 0.133. The highest BCUT2D eigenvalue weighted by Crippen LogP contribution is 2.41. The zero-order chi connectivity index (χ0) is 16.6. The summed E-state index contributed by atoms with van der Waals surface area (Å²) in [4.78, 5) is 5.08. The molecule has 0 radical (unpaired) electrons. The Labute approximate surface area is 142 Å². The summed E-state index contributed by atoms with van der Waals surface area (Å²) >= 11 is 2.84. The Bertz CT molecular complexity index is 948. The number of sulfonamides is 1. The molecule has 0 spiro atoms. The number of hydrogen-bond acceptors (Lipinski definition) is 6. The molecule has 0 amide bonds. The molecule has 0 unspecified atom stereocenters. The van der Waals surface area contributed by atoms with Gasteiger partial charge in [-0.25, -0.2) is 13.4 Å². The van der Waals surface area contributed by atoms with Gasteiger partial charge in [0.1, 0.15) is 5.75 Å². The second kappa shape index (κ2) is 6.03. The van der Waals surface area contributed by atoms with Gasteiger partial charge >= 0.3 is 0 Å². The molecular formula is C15H14N2O3S3. The Morgan fingerprint density at radius 1 is 1.26 bits per heavy atom. The van der Waals surface area contributed by atoms with E-state index < -0.39 is 10.0 Å². The lowest BCUT2D eigenvalue weighted by Gasteiger charge is -2.10. The average Bonchev–Trinajstić information content (AvgIpc) is 2.84. The summed E-state index contributed by atoms with van der Waals surface area (Å²) in [7, 11) is -3.37. The Kier molecular flexibility index (Phi) is 4.22. The maximum atomic E-state index is 11.4. The fourth-order valence-corrected chi connectivity index (χ4v) is 4.81. The van der Waals surface area contributed by atoms with Crippen LogP contribution in [0.4, 0.5) is 5.69 Å². The zero-order valence-electron chi connectivity index (χ0n) is 12.4. The molecular weight excluding hydrogens is 352 g/mol. The largest absolute Gasteiger partial charge is 0.506 e. The van der Waals surface area contributed by atoms with Gasteiger partial charge in [-0.05, 0) is 36.8 Å². The van der Waals surface area contributed by atoms with Crippen molar-refractivity contribution in [1.82, 2.24) is 4.98 Å². The van der Waals surface area contributed by atoms with Crippen LogP contribution in [-0.2, 0) is 10.0 Å². The highest BCUT2D eigenvalue weighted by Gasteiger charge is 2.13. The van der Waals surface area contributed by atoms with E-state index in [1.807, 2.05) is 24.3 Å². The number of aromatic hydroxyl groups is 1. The van der Waals surface area contributed by atoms with Gasteiger partial charge in [-0.15, -0.1) is 11.3 Å². The Morgan fingerprint density at radius 2 is 2.00 bits per heavy atom. The highest BCUT2D eigenvalue weighted by atomic mass is 32.2. The fraction of sp³-hybridized carbons (Fsp3) is 0.133. The lowest BCUT2D eigenvalue weighted by Crippen LogP contribution is -2.09. The van der Waals surface area contributed by atoms with E-state index in [9.17, 15) is 13.5 Å².